The molecule has 3 aliphatic heterocycles. The molecule has 1 aromatic carbocycles. The first kappa shape index (κ1) is 16.0. The van der Waals surface area contributed by atoms with Crippen molar-refractivity contribution in [2.24, 2.45) is 4.99 Å². The Labute approximate surface area is 156 Å². The van der Waals surface area contributed by atoms with Crippen LogP contribution in [0.3, 0.4) is 0 Å². The van der Waals surface area contributed by atoms with Crippen LogP contribution in [0.15, 0.2) is 40.7 Å². The minimum atomic E-state index is -1.49. The number of carbonyl (C=O) groups excluding carboxylic acids is 1. The molecule has 134 valence electrons. The molecular weight excluding hydrogens is 346 g/mol. The third kappa shape index (κ3) is 2.32. The smallest absolute Gasteiger partial charge is 0.205 e. The predicted molar refractivity (Wildman–Crippen MR) is 105 cm³/mol. The lowest BCUT2D eigenvalue weighted by Gasteiger charge is -2.30. The SMILES string of the molecule is O=C1c2ccsc2N=C2N(c3ccc(N4CCCCC4)cc3)CCC12O. The highest BCUT2D eigenvalue weighted by Gasteiger charge is 2.52. The van der Waals surface area contributed by atoms with Crippen LogP contribution < -0.4 is 9.80 Å². The van der Waals surface area contributed by atoms with Gasteiger partial charge in [-0.25, -0.2) is 4.99 Å². The van der Waals surface area contributed by atoms with Crippen molar-refractivity contribution >= 4 is 39.3 Å². The highest BCUT2D eigenvalue weighted by molar-refractivity contribution is 7.14. The fourth-order valence-corrected chi connectivity index (χ4v) is 4.97. The number of Topliss-reactive ketones (excluding diaryl/α,β-unsaturated/α-hetero) is 1. The van der Waals surface area contributed by atoms with Gasteiger partial charge < -0.3 is 14.9 Å². The number of hydrogen-bond acceptors (Lipinski definition) is 6. The van der Waals surface area contributed by atoms with Crippen molar-refractivity contribution in [1.82, 2.24) is 0 Å². The van der Waals surface area contributed by atoms with Crippen LogP contribution in [-0.2, 0) is 0 Å². The van der Waals surface area contributed by atoms with Gasteiger partial charge in [-0.2, -0.15) is 0 Å². The van der Waals surface area contributed by atoms with Gasteiger partial charge in [0.15, 0.2) is 11.4 Å². The number of piperidine rings is 1. The van der Waals surface area contributed by atoms with Crippen LogP contribution in [-0.4, -0.2) is 42.0 Å². The molecule has 6 heteroatoms. The highest BCUT2D eigenvalue weighted by atomic mass is 32.1. The van der Waals surface area contributed by atoms with Crippen molar-refractivity contribution < 1.29 is 9.90 Å². The second kappa shape index (κ2) is 5.93. The van der Waals surface area contributed by atoms with Gasteiger partial charge in [0.2, 0.25) is 5.78 Å². The van der Waals surface area contributed by atoms with Gasteiger partial charge in [0.1, 0.15) is 5.00 Å². The Balaban J connectivity index is 1.47. The fourth-order valence-electron chi connectivity index (χ4n) is 4.21. The fraction of sp³-hybridized carbons (Fsp3) is 0.400. The standard InChI is InChI=1S/C20H21N3O2S/c24-17-16-8-13-26-18(16)21-19-20(17,25)9-12-23(19)15-6-4-14(5-7-15)22-10-2-1-3-11-22/h4-8,13,25H,1-3,9-12H2. The zero-order chi connectivity index (χ0) is 17.7. The number of anilines is 2. The molecule has 5 rings (SSSR count). The molecule has 0 radical (unpaired) electrons. The third-order valence-electron chi connectivity index (χ3n) is 5.68. The molecule has 0 aliphatic carbocycles. The lowest BCUT2D eigenvalue weighted by Crippen LogP contribution is -2.48. The molecule has 2 aromatic rings. The molecule has 0 saturated carbocycles. The molecule has 5 nitrogen and oxygen atoms in total. The zero-order valence-electron chi connectivity index (χ0n) is 14.5. The molecule has 0 spiro atoms. The van der Waals surface area contributed by atoms with E-state index in [1.54, 1.807) is 6.07 Å². The van der Waals surface area contributed by atoms with Crippen molar-refractivity contribution in [3.63, 3.8) is 0 Å². The van der Waals surface area contributed by atoms with E-state index in [9.17, 15) is 9.90 Å². The van der Waals surface area contributed by atoms with Gasteiger partial charge in [-0.15, -0.1) is 11.3 Å². The Morgan fingerprint density at radius 2 is 1.73 bits per heavy atom. The number of rotatable bonds is 2. The van der Waals surface area contributed by atoms with E-state index >= 15 is 0 Å². The van der Waals surface area contributed by atoms with Crippen LogP contribution >= 0.6 is 11.3 Å². The molecule has 2 fully saturated rings. The lowest BCUT2D eigenvalue weighted by molar-refractivity contribution is 0.0603. The number of aliphatic hydroxyl groups is 1. The number of fused-ring (bicyclic) bond motifs is 2. The molecule has 0 amide bonds. The molecule has 3 aliphatic rings. The maximum atomic E-state index is 12.8. The van der Waals surface area contributed by atoms with Crippen LogP contribution in [0.1, 0.15) is 36.0 Å². The maximum absolute atomic E-state index is 12.8. The van der Waals surface area contributed by atoms with E-state index in [1.807, 2.05) is 10.3 Å². The summed E-state index contributed by atoms with van der Waals surface area (Å²) in [6, 6.07) is 10.2. The van der Waals surface area contributed by atoms with Crippen molar-refractivity contribution in [3.05, 3.63) is 41.3 Å². The van der Waals surface area contributed by atoms with Gasteiger partial charge in [-0.05, 0) is 55.0 Å². The summed E-state index contributed by atoms with van der Waals surface area (Å²) in [5.74, 6) is 0.259. The molecular formula is C20H21N3O2S. The summed E-state index contributed by atoms with van der Waals surface area (Å²) in [5.41, 5.74) is 1.28. The Hall–Kier alpha value is -2.18. The first-order valence-electron chi connectivity index (χ1n) is 9.23. The van der Waals surface area contributed by atoms with Crippen LogP contribution in [0.25, 0.3) is 0 Å². The third-order valence-corrected chi connectivity index (χ3v) is 6.48. The van der Waals surface area contributed by atoms with E-state index in [-0.39, 0.29) is 5.78 Å². The van der Waals surface area contributed by atoms with E-state index in [1.165, 1.54) is 36.3 Å². The Bertz CT molecular complexity index is 883. The minimum Gasteiger partial charge on any atom is -0.374 e. The molecule has 1 aromatic heterocycles. The number of thiophene rings is 1. The number of amidine groups is 1. The maximum Gasteiger partial charge on any atom is 0.205 e. The molecule has 1 unspecified atom stereocenters. The Kier molecular flexibility index (Phi) is 3.65. The van der Waals surface area contributed by atoms with Crippen molar-refractivity contribution in [1.29, 1.82) is 0 Å². The van der Waals surface area contributed by atoms with Crippen molar-refractivity contribution in [2.45, 2.75) is 31.3 Å². The summed E-state index contributed by atoms with van der Waals surface area (Å²) in [7, 11) is 0. The van der Waals surface area contributed by atoms with Crippen LogP contribution in [0.5, 0.6) is 0 Å². The summed E-state index contributed by atoms with van der Waals surface area (Å²) in [6.45, 7) is 2.83. The Morgan fingerprint density at radius 1 is 1.00 bits per heavy atom. The second-order valence-corrected chi connectivity index (χ2v) is 8.12. The quantitative estimate of drug-likeness (QED) is 0.881. The summed E-state index contributed by atoms with van der Waals surface area (Å²) in [5, 5.41) is 13.6. The monoisotopic (exact) mass is 367 g/mol. The summed E-state index contributed by atoms with van der Waals surface area (Å²) >= 11 is 1.44. The number of hydrogen-bond donors (Lipinski definition) is 1. The van der Waals surface area contributed by atoms with Gasteiger partial charge in [0.25, 0.3) is 0 Å². The lowest BCUT2D eigenvalue weighted by atomic mass is 9.90. The van der Waals surface area contributed by atoms with E-state index in [4.69, 9.17) is 0 Å². The zero-order valence-corrected chi connectivity index (χ0v) is 15.3. The molecule has 1 N–H and O–H groups in total. The van der Waals surface area contributed by atoms with E-state index in [0.29, 0.717) is 29.4 Å². The average molecular weight is 367 g/mol. The van der Waals surface area contributed by atoms with Crippen LogP contribution in [0.2, 0.25) is 0 Å². The summed E-state index contributed by atoms with van der Waals surface area (Å²) in [4.78, 5) is 21.8. The van der Waals surface area contributed by atoms with Crippen molar-refractivity contribution in [3.8, 4) is 0 Å². The number of carbonyl (C=O) groups is 1. The number of nitrogens with zero attached hydrogens (tertiary/aromatic N) is 3. The number of benzene rings is 1. The summed E-state index contributed by atoms with van der Waals surface area (Å²) in [6.07, 6.45) is 4.21. The number of aliphatic imine (C=N–C) groups is 1. The van der Waals surface area contributed by atoms with E-state index in [2.05, 4.69) is 34.2 Å². The number of ketones is 1. The topological polar surface area (TPSA) is 56.1 Å². The van der Waals surface area contributed by atoms with E-state index < -0.39 is 5.60 Å². The highest BCUT2D eigenvalue weighted by Crippen LogP contribution is 2.41. The Morgan fingerprint density at radius 3 is 2.50 bits per heavy atom. The van der Waals surface area contributed by atoms with Gasteiger partial charge in [-0.1, -0.05) is 0 Å². The second-order valence-electron chi connectivity index (χ2n) is 7.23. The van der Waals surface area contributed by atoms with Crippen LogP contribution in [0.4, 0.5) is 16.4 Å². The molecule has 1 atom stereocenters. The first-order chi connectivity index (χ1) is 12.7. The predicted octanol–water partition coefficient (Wildman–Crippen LogP) is 3.61. The van der Waals surface area contributed by atoms with Gasteiger partial charge in [0, 0.05) is 37.4 Å². The minimum absolute atomic E-state index is 0.216. The van der Waals surface area contributed by atoms with Gasteiger partial charge >= 0.3 is 0 Å². The van der Waals surface area contributed by atoms with E-state index in [0.717, 1.165) is 18.8 Å². The van der Waals surface area contributed by atoms with Crippen molar-refractivity contribution in [2.75, 3.05) is 29.4 Å². The normalized spacial score (nSPS) is 25.1. The molecule has 2 saturated heterocycles. The first-order valence-corrected chi connectivity index (χ1v) is 10.1. The van der Waals surface area contributed by atoms with Gasteiger partial charge in [0.05, 0.1) is 5.56 Å². The molecule has 26 heavy (non-hydrogen) atoms. The summed E-state index contributed by atoms with van der Waals surface area (Å²) < 4.78 is 0. The van der Waals surface area contributed by atoms with Gasteiger partial charge in [-0.3, -0.25) is 4.79 Å². The molecule has 4 heterocycles. The molecule has 0 bridgehead atoms. The average Bonchev–Trinajstić information content (AvgIpc) is 3.28. The largest absolute Gasteiger partial charge is 0.374 e. The van der Waals surface area contributed by atoms with Crippen LogP contribution in [0, 0.1) is 0 Å².